The van der Waals surface area contributed by atoms with Crippen molar-refractivity contribution in [3.05, 3.63) is 0 Å². The van der Waals surface area contributed by atoms with Gasteiger partial charge in [0.15, 0.2) is 0 Å². The maximum Gasteiger partial charge on any atom is 0.314 e. The van der Waals surface area contributed by atoms with E-state index in [2.05, 4.69) is 0 Å². The van der Waals surface area contributed by atoms with E-state index < -0.39 is 24.6 Å². The third-order valence-electron chi connectivity index (χ3n) is 1.21. The van der Waals surface area contributed by atoms with Gasteiger partial charge in [-0.05, 0) is 6.92 Å². The fraction of sp³-hybridized carbons (Fsp3) is 0.800. The summed E-state index contributed by atoms with van der Waals surface area (Å²) in [6.45, 7) is 0.187. The Bertz CT molecular complexity index is 110. The molecule has 0 aliphatic heterocycles. The van der Waals surface area contributed by atoms with Gasteiger partial charge in [0, 0.05) is 16.8 Å². The van der Waals surface area contributed by atoms with Crippen molar-refractivity contribution in [2.75, 3.05) is 13.2 Å². The first-order chi connectivity index (χ1) is 4.06. The normalized spacial score (nSPS) is 10.3. The first-order valence-corrected chi connectivity index (χ1v) is 2.52. The maximum atomic E-state index is 10.2. The van der Waals surface area contributed by atoms with E-state index in [1.807, 2.05) is 0 Å². The molecular formula is C5H10CoO4. The Morgan fingerprint density at radius 2 is 1.70 bits per heavy atom. The van der Waals surface area contributed by atoms with E-state index >= 15 is 0 Å². The van der Waals surface area contributed by atoms with E-state index in [4.69, 9.17) is 15.3 Å². The topological polar surface area (TPSA) is 77.8 Å². The summed E-state index contributed by atoms with van der Waals surface area (Å²) in [6, 6.07) is 0. The molecule has 10 heavy (non-hydrogen) atoms. The SMILES string of the molecule is CC(CO)(CO)C(=O)O.[Co]. The van der Waals surface area contributed by atoms with Crippen LogP contribution in [0.15, 0.2) is 0 Å². The van der Waals surface area contributed by atoms with Gasteiger partial charge in [-0.25, -0.2) is 0 Å². The van der Waals surface area contributed by atoms with Crippen molar-refractivity contribution in [3.63, 3.8) is 0 Å². The van der Waals surface area contributed by atoms with E-state index in [9.17, 15) is 4.79 Å². The van der Waals surface area contributed by atoms with Gasteiger partial charge in [0.25, 0.3) is 0 Å². The minimum atomic E-state index is -1.39. The molecule has 5 heteroatoms. The number of aliphatic hydroxyl groups is 2. The monoisotopic (exact) mass is 193 g/mol. The van der Waals surface area contributed by atoms with Crippen LogP contribution in [0.5, 0.6) is 0 Å². The summed E-state index contributed by atoms with van der Waals surface area (Å²) < 4.78 is 0. The molecule has 0 saturated carbocycles. The predicted molar refractivity (Wildman–Crippen MR) is 29.9 cm³/mol. The Morgan fingerprint density at radius 1 is 1.40 bits per heavy atom. The molecule has 0 unspecified atom stereocenters. The van der Waals surface area contributed by atoms with Crippen LogP contribution in [0.25, 0.3) is 0 Å². The molecule has 0 rings (SSSR count). The number of carboxylic acids is 1. The van der Waals surface area contributed by atoms with E-state index in [0.29, 0.717) is 0 Å². The molecule has 0 atom stereocenters. The van der Waals surface area contributed by atoms with Crippen LogP contribution in [0, 0.1) is 5.41 Å². The van der Waals surface area contributed by atoms with Crippen molar-refractivity contribution in [2.24, 2.45) is 5.41 Å². The van der Waals surface area contributed by atoms with Crippen LogP contribution >= 0.6 is 0 Å². The van der Waals surface area contributed by atoms with E-state index in [1.54, 1.807) is 0 Å². The minimum Gasteiger partial charge on any atom is -0.481 e. The number of rotatable bonds is 3. The van der Waals surface area contributed by atoms with E-state index in [1.165, 1.54) is 6.92 Å². The third kappa shape index (κ3) is 2.65. The first-order valence-electron chi connectivity index (χ1n) is 2.52. The molecule has 0 aromatic heterocycles. The van der Waals surface area contributed by atoms with E-state index in [0.717, 1.165) is 0 Å². The molecule has 0 spiro atoms. The summed E-state index contributed by atoms with van der Waals surface area (Å²) in [7, 11) is 0. The molecule has 4 nitrogen and oxygen atoms in total. The Labute approximate surface area is 69.1 Å². The molecule has 0 heterocycles. The van der Waals surface area contributed by atoms with Crippen LogP contribution in [0.3, 0.4) is 0 Å². The van der Waals surface area contributed by atoms with Gasteiger partial charge in [0.1, 0.15) is 5.41 Å². The van der Waals surface area contributed by atoms with E-state index in [-0.39, 0.29) is 16.8 Å². The standard InChI is InChI=1S/C5H10O4.Co/c1-5(2-6,3-7)4(8)9;/h6-7H,2-3H2,1H3,(H,8,9);. The van der Waals surface area contributed by atoms with Gasteiger partial charge >= 0.3 is 5.97 Å². The number of carboxylic acid groups (broad SMARTS) is 1. The molecule has 0 amide bonds. The number of hydrogen-bond acceptors (Lipinski definition) is 3. The van der Waals surface area contributed by atoms with Gasteiger partial charge in [0.2, 0.25) is 0 Å². The minimum absolute atomic E-state index is 0. The number of aliphatic hydroxyl groups excluding tert-OH is 2. The van der Waals surface area contributed by atoms with Crippen LogP contribution in [-0.2, 0) is 21.6 Å². The zero-order valence-electron chi connectivity index (χ0n) is 5.50. The largest absolute Gasteiger partial charge is 0.481 e. The molecule has 3 N–H and O–H groups in total. The van der Waals surface area contributed by atoms with Crippen molar-refractivity contribution in [1.29, 1.82) is 0 Å². The molecule has 0 fully saturated rings. The Kier molecular flexibility index (Phi) is 5.87. The van der Waals surface area contributed by atoms with Gasteiger partial charge in [-0.3, -0.25) is 4.79 Å². The van der Waals surface area contributed by atoms with Crippen LogP contribution in [0.2, 0.25) is 0 Å². The average Bonchev–Trinajstić information content (AvgIpc) is 1.86. The number of aliphatic carboxylic acids is 1. The van der Waals surface area contributed by atoms with Crippen molar-refractivity contribution in [3.8, 4) is 0 Å². The molecular weight excluding hydrogens is 183 g/mol. The molecule has 0 bridgehead atoms. The van der Waals surface area contributed by atoms with Crippen LogP contribution in [-0.4, -0.2) is 34.5 Å². The fourth-order valence-corrected chi connectivity index (χ4v) is 0.185. The molecule has 1 radical (unpaired) electrons. The first kappa shape index (κ1) is 12.6. The number of hydrogen-bond donors (Lipinski definition) is 3. The average molecular weight is 193 g/mol. The number of carbonyl (C=O) groups is 1. The Morgan fingerprint density at radius 3 is 1.70 bits per heavy atom. The molecule has 0 saturated heterocycles. The predicted octanol–water partition coefficient (Wildman–Crippen LogP) is -0.941. The van der Waals surface area contributed by atoms with Crippen LogP contribution in [0.4, 0.5) is 0 Å². The summed E-state index contributed by atoms with van der Waals surface area (Å²) in [5.74, 6) is -1.19. The second-order valence-electron chi connectivity index (χ2n) is 2.18. The Balaban J connectivity index is 0. The molecule has 0 aliphatic rings. The molecule has 0 aromatic rings. The fourth-order valence-electron chi connectivity index (χ4n) is 0.185. The van der Waals surface area contributed by atoms with Crippen molar-refractivity contribution in [1.82, 2.24) is 0 Å². The van der Waals surface area contributed by atoms with Gasteiger partial charge in [-0.2, -0.15) is 0 Å². The second kappa shape index (κ2) is 4.67. The van der Waals surface area contributed by atoms with Crippen molar-refractivity contribution < 1.29 is 36.9 Å². The van der Waals surface area contributed by atoms with Crippen molar-refractivity contribution >= 4 is 5.97 Å². The smallest absolute Gasteiger partial charge is 0.314 e. The maximum absolute atomic E-state index is 10.2. The molecule has 63 valence electrons. The zero-order chi connectivity index (χ0) is 7.49. The van der Waals surface area contributed by atoms with Crippen LogP contribution in [0.1, 0.15) is 6.92 Å². The summed E-state index contributed by atoms with van der Waals surface area (Å²) in [6.07, 6.45) is 0. The van der Waals surface area contributed by atoms with Gasteiger partial charge in [-0.1, -0.05) is 0 Å². The van der Waals surface area contributed by atoms with Crippen LogP contribution < -0.4 is 0 Å². The van der Waals surface area contributed by atoms with Gasteiger partial charge in [0.05, 0.1) is 13.2 Å². The summed E-state index contributed by atoms with van der Waals surface area (Å²) in [5, 5.41) is 25.1. The molecule has 0 aromatic carbocycles. The summed E-state index contributed by atoms with van der Waals surface area (Å²) in [5.41, 5.74) is -1.39. The van der Waals surface area contributed by atoms with Gasteiger partial charge < -0.3 is 15.3 Å². The molecule has 0 aliphatic carbocycles. The second-order valence-corrected chi connectivity index (χ2v) is 2.18. The zero-order valence-corrected chi connectivity index (χ0v) is 6.54. The Hall–Kier alpha value is -0.104. The summed E-state index contributed by atoms with van der Waals surface area (Å²) in [4.78, 5) is 10.2. The van der Waals surface area contributed by atoms with Crippen molar-refractivity contribution in [2.45, 2.75) is 6.92 Å². The quantitative estimate of drug-likeness (QED) is 0.540. The third-order valence-corrected chi connectivity index (χ3v) is 1.21. The summed E-state index contributed by atoms with van der Waals surface area (Å²) >= 11 is 0. The van der Waals surface area contributed by atoms with Gasteiger partial charge in [-0.15, -0.1) is 0 Å².